The first-order valence-corrected chi connectivity index (χ1v) is 9.35. The number of anilines is 2. The molecule has 2 aromatic rings. The van der Waals surface area contributed by atoms with Gasteiger partial charge in [0.25, 0.3) is 0 Å². The first-order chi connectivity index (χ1) is 14.0. The number of halogens is 4. The second-order valence-electron chi connectivity index (χ2n) is 6.83. The molecule has 0 spiro atoms. The maximum atomic E-state index is 13.8. The molecule has 1 aliphatic heterocycles. The number of nitrogens with zero attached hydrogens (tertiary/aromatic N) is 3. The molecule has 30 heavy (non-hydrogen) atoms. The average molecular weight is 445 g/mol. The minimum absolute atomic E-state index is 0.0825. The number of rotatable bonds is 3. The van der Waals surface area contributed by atoms with Gasteiger partial charge in [-0.15, -0.1) is 0 Å². The Morgan fingerprint density at radius 3 is 2.47 bits per heavy atom. The second-order valence-corrected chi connectivity index (χ2v) is 7.27. The highest BCUT2D eigenvalue weighted by molar-refractivity contribution is 6.30. The highest BCUT2D eigenvalue weighted by Crippen LogP contribution is 2.42. The quantitative estimate of drug-likeness (QED) is 0.743. The van der Waals surface area contributed by atoms with E-state index in [1.54, 1.807) is 17.0 Å². The molecule has 1 aromatic carbocycles. The van der Waals surface area contributed by atoms with Gasteiger partial charge in [0, 0.05) is 17.6 Å². The zero-order valence-electron chi connectivity index (χ0n) is 16.7. The smallest absolute Gasteiger partial charge is 0.430 e. The minimum Gasteiger partial charge on any atom is -0.430 e. The van der Waals surface area contributed by atoms with Gasteiger partial charge in [-0.1, -0.05) is 11.6 Å². The van der Waals surface area contributed by atoms with Gasteiger partial charge in [0.15, 0.2) is 0 Å². The standard InChI is InChI=1S/C19H20ClF3N4O3/c1-9-5-12(20)6-10(2)15(9)27-8-29-7-13-14(25-11(3)26-17(13)27)16(19(21,22)23)30-18(28)24-4/h5-6,16H,7-8H2,1-4H3,(H,24,28). The van der Waals surface area contributed by atoms with Crippen LogP contribution in [-0.2, 0) is 16.1 Å². The van der Waals surface area contributed by atoms with Gasteiger partial charge in [0.1, 0.15) is 24.1 Å². The number of carbonyl (C=O) groups is 1. The first kappa shape index (κ1) is 22.1. The van der Waals surface area contributed by atoms with Crippen LogP contribution < -0.4 is 10.2 Å². The number of ether oxygens (including phenoxy) is 2. The molecule has 1 N–H and O–H groups in total. The summed E-state index contributed by atoms with van der Waals surface area (Å²) in [4.78, 5) is 21.6. The fraction of sp³-hybridized carbons (Fsp3) is 0.421. The molecule has 1 atom stereocenters. The zero-order valence-corrected chi connectivity index (χ0v) is 17.5. The van der Waals surface area contributed by atoms with E-state index in [0.717, 1.165) is 16.8 Å². The topological polar surface area (TPSA) is 76.6 Å². The summed E-state index contributed by atoms with van der Waals surface area (Å²) in [5.74, 6) is 0.377. The Kier molecular flexibility index (Phi) is 6.09. The van der Waals surface area contributed by atoms with Crippen molar-refractivity contribution < 1.29 is 27.4 Å². The van der Waals surface area contributed by atoms with E-state index in [9.17, 15) is 18.0 Å². The minimum atomic E-state index is -4.88. The highest BCUT2D eigenvalue weighted by atomic mass is 35.5. The van der Waals surface area contributed by atoms with Crippen LogP contribution in [0.15, 0.2) is 12.1 Å². The van der Waals surface area contributed by atoms with Crippen LogP contribution in [0, 0.1) is 20.8 Å². The summed E-state index contributed by atoms with van der Waals surface area (Å²) < 4.78 is 51.5. The summed E-state index contributed by atoms with van der Waals surface area (Å²) in [5, 5.41) is 2.57. The summed E-state index contributed by atoms with van der Waals surface area (Å²) in [6.07, 6.45) is -8.67. The maximum Gasteiger partial charge on any atom is 0.431 e. The van der Waals surface area contributed by atoms with Crippen molar-refractivity contribution in [3.63, 3.8) is 0 Å². The molecule has 1 aliphatic rings. The molecule has 0 fully saturated rings. The molecule has 2 heterocycles. The lowest BCUT2D eigenvalue weighted by molar-refractivity contribution is -0.207. The molecule has 1 amide bonds. The Balaban J connectivity index is 2.19. The average Bonchev–Trinajstić information content (AvgIpc) is 2.64. The van der Waals surface area contributed by atoms with E-state index in [-0.39, 0.29) is 30.5 Å². The van der Waals surface area contributed by atoms with Crippen molar-refractivity contribution in [2.45, 2.75) is 39.7 Å². The number of nitrogens with one attached hydrogen (secondary N) is 1. The van der Waals surface area contributed by atoms with Crippen molar-refractivity contribution in [3.8, 4) is 0 Å². The third-order valence-corrected chi connectivity index (χ3v) is 4.77. The van der Waals surface area contributed by atoms with E-state index in [0.29, 0.717) is 5.02 Å². The van der Waals surface area contributed by atoms with E-state index in [1.807, 2.05) is 19.2 Å². The van der Waals surface area contributed by atoms with Crippen molar-refractivity contribution in [1.82, 2.24) is 15.3 Å². The molecule has 1 unspecified atom stereocenters. The first-order valence-electron chi connectivity index (χ1n) is 8.97. The van der Waals surface area contributed by atoms with E-state index < -0.39 is 24.1 Å². The molecule has 0 saturated carbocycles. The lowest BCUT2D eigenvalue weighted by atomic mass is 10.0. The van der Waals surface area contributed by atoms with Crippen LogP contribution in [0.2, 0.25) is 5.02 Å². The number of benzene rings is 1. The fourth-order valence-electron chi connectivity index (χ4n) is 3.42. The zero-order chi connectivity index (χ0) is 22.2. The molecule has 0 saturated heterocycles. The van der Waals surface area contributed by atoms with Gasteiger partial charge >= 0.3 is 12.3 Å². The molecule has 3 rings (SSSR count). The third-order valence-electron chi connectivity index (χ3n) is 4.55. The van der Waals surface area contributed by atoms with Gasteiger partial charge in [0.2, 0.25) is 6.10 Å². The monoisotopic (exact) mass is 444 g/mol. The summed E-state index contributed by atoms with van der Waals surface area (Å²) in [7, 11) is 1.17. The Morgan fingerprint density at radius 2 is 1.90 bits per heavy atom. The van der Waals surface area contributed by atoms with E-state index >= 15 is 0 Å². The number of alkyl carbamates (subject to hydrolysis) is 1. The predicted molar refractivity (Wildman–Crippen MR) is 104 cm³/mol. The molecular formula is C19H20ClF3N4O3. The number of hydrogen-bond acceptors (Lipinski definition) is 6. The molecular weight excluding hydrogens is 425 g/mol. The van der Waals surface area contributed by atoms with Crippen LogP contribution in [0.3, 0.4) is 0 Å². The predicted octanol–water partition coefficient (Wildman–Crippen LogP) is 4.64. The van der Waals surface area contributed by atoms with Crippen LogP contribution in [0.5, 0.6) is 0 Å². The second kappa shape index (κ2) is 8.27. The number of carbonyl (C=O) groups excluding carboxylic acids is 1. The molecule has 0 aliphatic carbocycles. The lowest BCUT2D eigenvalue weighted by Crippen LogP contribution is -2.35. The van der Waals surface area contributed by atoms with Crippen molar-refractivity contribution >= 4 is 29.2 Å². The maximum absolute atomic E-state index is 13.8. The Morgan fingerprint density at radius 1 is 1.27 bits per heavy atom. The van der Waals surface area contributed by atoms with Crippen LogP contribution in [0.4, 0.5) is 29.5 Å². The molecule has 162 valence electrons. The number of aryl methyl sites for hydroxylation is 3. The Labute approximate surface area is 176 Å². The number of fused-ring (bicyclic) bond motifs is 1. The molecule has 11 heteroatoms. The number of aromatic nitrogens is 2. The fourth-order valence-corrected chi connectivity index (χ4v) is 3.75. The van der Waals surface area contributed by atoms with Gasteiger partial charge < -0.3 is 19.7 Å². The SMILES string of the molecule is CNC(=O)OC(c1nc(C)nc2c1COCN2c1c(C)cc(Cl)cc1C)C(F)(F)F. The summed E-state index contributed by atoms with van der Waals surface area (Å²) in [6, 6.07) is 3.50. The van der Waals surface area contributed by atoms with Crippen LogP contribution in [0.1, 0.15) is 34.3 Å². The summed E-state index contributed by atoms with van der Waals surface area (Å²) in [5.41, 5.74) is 1.99. The molecule has 0 radical (unpaired) electrons. The normalized spacial score (nSPS) is 14.9. The van der Waals surface area contributed by atoms with Crippen LogP contribution in [0.25, 0.3) is 0 Å². The number of hydrogen-bond donors (Lipinski definition) is 1. The number of alkyl halides is 3. The van der Waals surface area contributed by atoms with E-state index in [2.05, 4.69) is 14.7 Å². The Bertz CT molecular complexity index is 961. The van der Waals surface area contributed by atoms with Gasteiger partial charge in [-0.2, -0.15) is 13.2 Å². The third kappa shape index (κ3) is 4.29. The molecule has 0 bridgehead atoms. The van der Waals surface area contributed by atoms with Gasteiger partial charge in [-0.05, 0) is 44.0 Å². The summed E-state index contributed by atoms with van der Waals surface area (Å²) in [6.45, 7) is 5.08. The largest absolute Gasteiger partial charge is 0.431 e. The van der Waals surface area contributed by atoms with Gasteiger partial charge in [-0.25, -0.2) is 14.8 Å². The van der Waals surface area contributed by atoms with Gasteiger partial charge in [0.05, 0.1) is 12.3 Å². The van der Waals surface area contributed by atoms with Crippen LogP contribution in [-0.4, -0.2) is 36.0 Å². The molecule has 1 aromatic heterocycles. The van der Waals surface area contributed by atoms with Crippen molar-refractivity contribution in [2.75, 3.05) is 18.7 Å². The van der Waals surface area contributed by atoms with Gasteiger partial charge in [-0.3, -0.25) is 0 Å². The summed E-state index contributed by atoms with van der Waals surface area (Å²) >= 11 is 6.11. The lowest BCUT2D eigenvalue weighted by Gasteiger charge is -2.34. The molecule has 7 nitrogen and oxygen atoms in total. The Hall–Kier alpha value is -2.59. The van der Waals surface area contributed by atoms with Crippen LogP contribution >= 0.6 is 11.6 Å². The van der Waals surface area contributed by atoms with E-state index in [1.165, 1.54) is 14.0 Å². The van der Waals surface area contributed by atoms with Crippen molar-refractivity contribution in [3.05, 3.63) is 45.4 Å². The number of amides is 1. The highest BCUT2D eigenvalue weighted by Gasteiger charge is 2.47. The van der Waals surface area contributed by atoms with Crippen molar-refractivity contribution in [2.24, 2.45) is 0 Å². The van der Waals surface area contributed by atoms with Crippen molar-refractivity contribution in [1.29, 1.82) is 0 Å². The van der Waals surface area contributed by atoms with E-state index in [4.69, 9.17) is 16.3 Å².